The molecule has 11 N–H and O–H groups in total. The number of phosphoric ester groups is 1. The minimum atomic E-state index is -4.64. The normalized spacial score (nSPS) is 11.1. The number of aliphatic hydroxyl groups is 1. The summed E-state index contributed by atoms with van der Waals surface area (Å²) in [4.78, 5) is 77.1. The van der Waals surface area contributed by atoms with Gasteiger partial charge in [-0.15, -0.1) is 0 Å². The first-order valence-corrected chi connectivity index (χ1v) is 14.1. The largest absolute Gasteiger partial charge is 0.526 e. The highest BCUT2D eigenvalue weighted by molar-refractivity contribution is 7.46. The molecule has 0 radical (unpaired) electrons. The van der Waals surface area contributed by atoms with Crippen molar-refractivity contribution in [1.82, 2.24) is 9.97 Å². The molecule has 18 nitrogen and oxygen atoms in total. The zero-order chi connectivity index (χ0) is 28.0. The van der Waals surface area contributed by atoms with Gasteiger partial charge in [-0.25, -0.2) is 23.7 Å². The minimum absolute atomic E-state index is 0.178. The van der Waals surface area contributed by atoms with Gasteiger partial charge in [0.25, 0.3) is 0 Å². The fraction of sp³-hybridized carbons (Fsp3) is 0.385. The van der Waals surface area contributed by atoms with Crippen LogP contribution in [-0.2, 0) is 36.0 Å². The van der Waals surface area contributed by atoms with Crippen molar-refractivity contribution in [2.24, 2.45) is 0 Å². The highest BCUT2D eigenvalue weighted by Gasteiger charge is 2.17. The summed E-state index contributed by atoms with van der Waals surface area (Å²) < 4.78 is 32.6. The lowest BCUT2D eigenvalue weighted by molar-refractivity contribution is -0.689. The summed E-state index contributed by atoms with van der Waals surface area (Å²) in [5.41, 5.74) is 10.0. The number of carbonyl (C=O) groups is 1. The lowest BCUT2D eigenvalue weighted by Gasteiger charge is -2.01. The molecule has 0 aromatic carbocycles. The van der Waals surface area contributed by atoms with E-state index in [1.165, 1.54) is 4.88 Å². The number of hydrogen-bond donors (Lipinski definition) is 10. The maximum absolute atomic E-state index is 9.47. The highest BCUT2D eigenvalue weighted by Crippen LogP contribution is 2.33. The molecule has 0 spiro atoms. The Hall–Kier alpha value is -1.69. The lowest BCUT2D eigenvalue weighted by Crippen LogP contribution is -2.35. The maximum atomic E-state index is 9.47. The summed E-state index contributed by atoms with van der Waals surface area (Å²) >= 11 is 1.65. The zero-order valence-corrected chi connectivity index (χ0v) is 21.6. The van der Waals surface area contributed by atoms with Crippen molar-refractivity contribution in [3.05, 3.63) is 33.7 Å². The van der Waals surface area contributed by atoms with Crippen molar-refractivity contribution in [2.45, 2.75) is 26.8 Å². The van der Waals surface area contributed by atoms with Crippen LogP contribution in [0.3, 0.4) is 0 Å². The molecule has 2 rings (SSSR count). The number of nitrogens with zero attached hydrogens (tertiary/aromatic N) is 3. The lowest BCUT2D eigenvalue weighted by atomic mass is 10.2. The van der Waals surface area contributed by atoms with Crippen LogP contribution in [0.25, 0.3) is 0 Å². The smallest absolute Gasteiger partial charge is 0.396 e. The van der Waals surface area contributed by atoms with Crippen molar-refractivity contribution in [3.63, 3.8) is 0 Å². The topological polar surface area (TPSA) is 315 Å². The molecule has 35 heavy (non-hydrogen) atoms. The fourth-order valence-electron chi connectivity index (χ4n) is 1.82. The second-order valence-corrected chi connectivity index (χ2v) is 10.1. The van der Waals surface area contributed by atoms with E-state index in [1.807, 2.05) is 19.4 Å². The van der Waals surface area contributed by atoms with E-state index in [2.05, 4.69) is 19.1 Å². The van der Waals surface area contributed by atoms with Crippen molar-refractivity contribution in [2.75, 3.05) is 12.3 Å². The Bertz CT molecular complexity index is 1030. The molecule has 0 unspecified atom stereocenters. The Labute approximate surface area is 202 Å². The predicted molar refractivity (Wildman–Crippen MR) is 118 cm³/mol. The number of anilines is 1. The molecule has 2 aromatic heterocycles. The molecule has 0 aliphatic rings. The Balaban J connectivity index is 0. The van der Waals surface area contributed by atoms with Gasteiger partial charge >= 0.3 is 29.9 Å². The number of carbonyl (C=O) groups excluding carboxylic acids is 1. The van der Waals surface area contributed by atoms with Crippen molar-refractivity contribution in [1.29, 1.82) is 0 Å². The molecule has 2 heterocycles. The number of nitrogen functional groups attached to an aromatic ring is 1. The van der Waals surface area contributed by atoms with E-state index in [0.29, 0.717) is 24.6 Å². The molecule has 0 bridgehead atoms. The SMILES string of the molecule is Cc1ncc(C[n+]2csc(CCO)c2C)c(N)n1.O=COP(=O)(O)O.O=P(O)(O)O.O=P(O)(O)O. The molecule has 22 heteroatoms. The molecule has 0 saturated carbocycles. The molecule has 2 aromatic rings. The van der Waals surface area contributed by atoms with E-state index in [4.69, 9.17) is 63.9 Å². The second-order valence-electron chi connectivity index (χ2n) is 5.88. The van der Waals surface area contributed by atoms with Gasteiger partial charge in [-0.1, -0.05) is 11.3 Å². The van der Waals surface area contributed by atoms with Gasteiger partial charge < -0.3 is 44.7 Å². The number of nitrogens with two attached hydrogens (primary N) is 1. The summed E-state index contributed by atoms with van der Waals surface area (Å²) in [5.74, 6) is 1.22. The Kier molecular flexibility index (Phi) is 16.3. The number of hydrogen-bond acceptors (Lipinski definition) is 10. The molecule has 202 valence electrons. The van der Waals surface area contributed by atoms with Crippen LogP contribution in [0.4, 0.5) is 5.82 Å². The molecule has 0 amide bonds. The first-order valence-electron chi connectivity index (χ1n) is 8.57. The van der Waals surface area contributed by atoms with E-state index in [9.17, 15) is 4.57 Å². The van der Waals surface area contributed by atoms with Crippen LogP contribution in [0, 0.1) is 13.8 Å². The van der Waals surface area contributed by atoms with E-state index in [1.54, 1.807) is 17.5 Å². The molecule has 0 fully saturated rings. The Morgan fingerprint density at radius 3 is 1.89 bits per heavy atom. The molecular formula is C13H26N4O14P3S+. The van der Waals surface area contributed by atoms with E-state index in [-0.39, 0.29) is 13.1 Å². The van der Waals surface area contributed by atoms with Gasteiger partial charge in [0, 0.05) is 26.1 Å². The fourth-order valence-corrected chi connectivity index (χ4v) is 2.92. The first kappa shape index (κ1) is 35.5. The van der Waals surface area contributed by atoms with Gasteiger partial charge in [0.15, 0.2) is 12.2 Å². The third-order valence-corrected chi connectivity index (χ3v) is 4.54. The third kappa shape index (κ3) is 23.8. The third-order valence-electron chi connectivity index (χ3n) is 3.03. The van der Waals surface area contributed by atoms with Gasteiger partial charge in [-0.2, -0.15) is 4.57 Å². The van der Waals surface area contributed by atoms with E-state index in [0.717, 1.165) is 11.3 Å². The summed E-state index contributed by atoms with van der Waals surface area (Å²) in [6.07, 6.45) is 2.47. The minimum Gasteiger partial charge on any atom is -0.396 e. The van der Waals surface area contributed by atoms with Crippen LogP contribution in [0.2, 0.25) is 0 Å². The Morgan fingerprint density at radius 1 is 1.06 bits per heavy atom. The molecule has 0 saturated heterocycles. The van der Waals surface area contributed by atoms with Gasteiger partial charge in [0.2, 0.25) is 5.51 Å². The number of aryl methyl sites for hydroxylation is 1. The average molecular weight is 587 g/mol. The van der Waals surface area contributed by atoms with E-state index >= 15 is 0 Å². The number of aliphatic hydroxyl groups excluding tert-OH is 1. The van der Waals surface area contributed by atoms with Gasteiger partial charge in [-0.3, -0.25) is 14.6 Å². The predicted octanol–water partition coefficient (Wildman–Crippen LogP) is -2.00. The second kappa shape index (κ2) is 16.1. The monoisotopic (exact) mass is 587 g/mol. The number of rotatable bonds is 6. The first-order chi connectivity index (χ1) is 15.7. The van der Waals surface area contributed by atoms with Crippen molar-refractivity contribution in [3.8, 4) is 0 Å². The summed E-state index contributed by atoms with van der Waals surface area (Å²) in [7, 11) is -13.8. The van der Waals surface area contributed by atoms with E-state index < -0.39 is 23.5 Å². The van der Waals surface area contributed by atoms with Crippen molar-refractivity contribution < 1.29 is 71.8 Å². The average Bonchev–Trinajstić information content (AvgIpc) is 2.95. The summed E-state index contributed by atoms with van der Waals surface area (Å²) in [5, 5.41) is 8.98. The van der Waals surface area contributed by atoms with Crippen LogP contribution >= 0.6 is 34.8 Å². The van der Waals surface area contributed by atoms with Crippen LogP contribution in [0.5, 0.6) is 0 Å². The molecule has 0 aliphatic heterocycles. The Morgan fingerprint density at radius 2 is 1.54 bits per heavy atom. The maximum Gasteiger partial charge on any atom is 0.526 e. The van der Waals surface area contributed by atoms with Crippen LogP contribution in [0.1, 0.15) is 22.0 Å². The number of thiazole rings is 1. The van der Waals surface area contributed by atoms with Crippen LogP contribution in [0.15, 0.2) is 11.7 Å². The zero-order valence-electron chi connectivity index (χ0n) is 18.1. The van der Waals surface area contributed by atoms with Crippen LogP contribution < -0.4 is 10.3 Å². The van der Waals surface area contributed by atoms with Gasteiger partial charge in [0.1, 0.15) is 11.6 Å². The number of phosphoric acid groups is 3. The summed E-state index contributed by atoms with van der Waals surface area (Å²) in [6, 6.07) is 0. The highest BCUT2D eigenvalue weighted by atomic mass is 32.1. The molecular weight excluding hydrogens is 561 g/mol. The number of aromatic nitrogens is 3. The van der Waals surface area contributed by atoms with Gasteiger partial charge in [-0.05, 0) is 6.92 Å². The molecule has 0 atom stereocenters. The summed E-state index contributed by atoms with van der Waals surface area (Å²) in [6.45, 7) is 4.41. The quantitative estimate of drug-likeness (QED) is 0.0992. The van der Waals surface area contributed by atoms with Gasteiger partial charge in [0.05, 0.1) is 10.4 Å². The standard InChI is InChI=1S/C12H17N4OS.CH3O5P.2H3O4P/c1-8-11(3-4-17)18-7-16(8)6-10-5-14-9(2)15-12(10)13;2-1-6-7(3,4)5;2*1-5(2,3)4/h5,7,17H,3-4,6H2,1-2H3,(H2,13,14,15);1H,(H2,3,4,5);2*(H3,1,2,3,4)/q+1;;;. The van der Waals surface area contributed by atoms with Crippen LogP contribution in [-0.4, -0.2) is 67.3 Å². The molecule has 0 aliphatic carbocycles. The van der Waals surface area contributed by atoms with Crippen molar-refractivity contribution >= 4 is 47.1 Å².